The van der Waals surface area contributed by atoms with Gasteiger partial charge in [-0.2, -0.15) is 0 Å². The summed E-state index contributed by atoms with van der Waals surface area (Å²) in [7, 11) is 1.63. The van der Waals surface area contributed by atoms with Gasteiger partial charge in [0.05, 0.1) is 18.6 Å². The highest BCUT2D eigenvalue weighted by atomic mass is 32.2. The molecule has 0 radical (unpaired) electrons. The van der Waals surface area contributed by atoms with E-state index in [0.29, 0.717) is 37.8 Å². The van der Waals surface area contributed by atoms with Crippen LogP contribution in [0.3, 0.4) is 0 Å². The van der Waals surface area contributed by atoms with E-state index in [1.165, 1.54) is 0 Å². The summed E-state index contributed by atoms with van der Waals surface area (Å²) in [6.07, 6.45) is 0. The number of hydrogen-bond donors (Lipinski definition) is 1. The largest absolute Gasteiger partial charge is 0.497 e. The Labute approximate surface area is 190 Å². The van der Waals surface area contributed by atoms with Crippen molar-refractivity contribution < 1.29 is 28.4 Å². The second-order valence-electron chi connectivity index (χ2n) is 7.09. The Hall–Kier alpha value is -3.21. The number of thioether (sulfide) groups is 1. The maximum Gasteiger partial charge on any atom is 0.316 e. The number of aromatic nitrogens is 1. The van der Waals surface area contributed by atoms with Crippen LogP contribution >= 0.6 is 11.8 Å². The molecule has 11 heteroatoms. The molecule has 0 unspecified atom stereocenters. The molecular weight excluding hydrogens is 436 g/mol. The second-order valence-corrected chi connectivity index (χ2v) is 8.08. The van der Waals surface area contributed by atoms with Crippen LogP contribution in [-0.4, -0.2) is 79.2 Å². The Morgan fingerprint density at radius 2 is 1.84 bits per heavy atom. The minimum atomic E-state index is -0.537. The Morgan fingerprint density at radius 3 is 2.47 bits per heavy atom. The molecule has 1 aliphatic heterocycles. The number of carbonyl (C=O) groups excluding carboxylic acids is 3. The lowest BCUT2D eigenvalue weighted by Gasteiger charge is -2.36. The van der Waals surface area contributed by atoms with Crippen molar-refractivity contribution in [3.8, 4) is 5.75 Å². The number of amides is 2. The van der Waals surface area contributed by atoms with E-state index in [1.807, 2.05) is 24.3 Å². The zero-order chi connectivity index (χ0) is 22.9. The molecule has 1 aliphatic rings. The van der Waals surface area contributed by atoms with Crippen LogP contribution < -0.4 is 15.0 Å². The smallest absolute Gasteiger partial charge is 0.316 e. The number of nitrogens with one attached hydrogen (secondary N) is 1. The number of rotatable bonds is 9. The molecule has 1 aromatic carbocycles. The number of ether oxygens (including phenoxy) is 2. The van der Waals surface area contributed by atoms with Crippen LogP contribution in [0.15, 0.2) is 34.9 Å². The summed E-state index contributed by atoms with van der Waals surface area (Å²) in [5.41, 5.74) is 1.07. The van der Waals surface area contributed by atoms with Crippen LogP contribution in [0.2, 0.25) is 0 Å². The quantitative estimate of drug-likeness (QED) is 0.554. The van der Waals surface area contributed by atoms with Gasteiger partial charge in [0.1, 0.15) is 11.5 Å². The first-order valence-corrected chi connectivity index (χ1v) is 11.2. The summed E-state index contributed by atoms with van der Waals surface area (Å²) in [5, 5.41) is 6.23. The molecule has 32 heavy (non-hydrogen) atoms. The predicted molar refractivity (Wildman–Crippen MR) is 120 cm³/mol. The van der Waals surface area contributed by atoms with Gasteiger partial charge in [0.25, 0.3) is 5.91 Å². The average molecular weight is 463 g/mol. The third kappa shape index (κ3) is 6.91. The summed E-state index contributed by atoms with van der Waals surface area (Å²) < 4.78 is 15.1. The lowest BCUT2D eigenvalue weighted by molar-refractivity contribution is -0.150. The minimum Gasteiger partial charge on any atom is -0.497 e. The summed E-state index contributed by atoms with van der Waals surface area (Å²) in [6, 6.07) is 9.39. The van der Waals surface area contributed by atoms with Crippen LogP contribution in [0.5, 0.6) is 5.75 Å². The van der Waals surface area contributed by atoms with Gasteiger partial charge in [0.2, 0.25) is 5.91 Å². The van der Waals surface area contributed by atoms with Gasteiger partial charge in [-0.25, -0.2) is 0 Å². The SMILES string of the molecule is COc1ccc(N2CCN(C(=O)COC(=O)CSCC(=O)Nc3cc(C)on3)CC2)cc1. The van der Waals surface area contributed by atoms with Gasteiger partial charge in [-0.15, -0.1) is 11.8 Å². The number of hydrogen-bond acceptors (Lipinski definition) is 9. The van der Waals surface area contributed by atoms with E-state index >= 15 is 0 Å². The maximum absolute atomic E-state index is 12.3. The van der Waals surface area contributed by atoms with E-state index in [4.69, 9.17) is 14.0 Å². The van der Waals surface area contributed by atoms with E-state index in [-0.39, 0.29) is 29.9 Å². The molecule has 172 valence electrons. The van der Waals surface area contributed by atoms with Crippen LogP contribution in [0.4, 0.5) is 11.5 Å². The normalized spacial score (nSPS) is 13.6. The van der Waals surface area contributed by atoms with Gasteiger partial charge in [0.15, 0.2) is 12.4 Å². The molecule has 0 saturated carbocycles. The Bertz CT molecular complexity index is 925. The fourth-order valence-electron chi connectivity index (χ4n) is 3.11. The van der Waals surface area contributed by atoms with Crippen molar-refractivity contribution in [3.05, 3.63) is 36.1 Å². The van der Waals surface area contributed by atoms with E-state index in [2.05, 4.69) is 15.4 Å². The van der Waals surface area contributed by atoms with Crippen molar-refractivity contribution in [2.24, 2.45) is 0 Å². The highest BCUT2D eigenvalue weighted by Gasteiger charge is 2.22. The van der Waals surface area contributed by atoms with Crippen molar-refractivity contribution in [2.45, 2.75) is 6.92 Å². The number of aryl methyl sites for hydroxylation is 1. The number of esters is 1. The molecule has 10 nitrogen and oxygen atoms in total. The first-order valence-electron chi connectivity index (χ1n) is 10.1. The van der Waals surface area contributed by atoms with E-state index in [0.717, 1.165) is 23.2 Å². The molecule has 1 saturated heterocycles. The number of carbonyl (C=O) groups is 3. The van der Waals surface area contributed by atoms with Gasteiger partial charge in [-0.3, -0.25) is 14.4 Å². The summed E-state index contributed by atoms with van der Waals surface area (Å²) in [4.78, 5) is 39.9. The molecule has 1 N–H and O–H groups in total. The number of nitrogens with zero attached hydrogens (tertiary/aromatic N) is 3. The summed E-state index contributed by atoms with van der Waals surface area (Å²) in [6.45, 7) is 3.92. The molecule has 3 rings (SSSR count). The number of benzene rings is 1. The summed E-state index contributed by atoms with van der Waals surface area (Å²) >= 11 is 1.10. The van der Waals surface area contributed by atoms with Crippen molar-refractivity contribution >= 4 is 41.1 Å². The minimum absolute atomic E-state index is 0.0240. The van der Waals surface area contributed by atoms with Crippen molar-refractivity contribution in [3.63, 3.8) is 0 Å². The average Bonchev–Trinajstić information content (AvgIpc) is 3.22. The number of methoxy groups -OCH3 is 1. The summed E-state index contributed by atoms with van der Waals surface area (Å²) in [5.74, 6) is 0.681. The Balaban J connectivity index is 1.30. The Morgan fingerprint density at radius 1 is 1.12 bits per heavy atom. The topological polar surface area (TPSA) is 114 Å². The molecule has 0 aliphatic carbocycles. The van der Waals surface area contributed by atoms with Crippen LogP contribution in [-0.2, 0) is 19.1 Å². The van der Waals surface area contributed by atoms with Crippen molar-refractivity contribution in [1.82, 2.24) is 10.1 Å². The second kappa shape index (κ2) is 11.4. The highest BCUT2D eigenvalue weighted by Crippen LogP contribution is 2.20. The molecule has 1 aromatic heterocycles. The third-order valence-electron chi connectivity index (χ3n) is 4.78. The first kappa shape index (κ1) is 23.5. The van der Waals surface area contributed by atoms with Gasteiger partial charge < -0.3 is 29.1 Å². The molecule has 0 spiro atoms. The van der Waals surface area contributed by atoms with Gasteiger partial charge in [0, 0.05) is 37.9 Å². The third-order valence-corrected chi connectivity index (χ3v) is 5.68. The van der Waals surface area contributed by atoms with E-state index in [1.54, 1.807) is 25.0 Å². The lowest BCUT2D eigenvalue weighted by Crippen LogP contribution is -2.50. The zero-order valence-electron chi connectivity index (χ0n) is 18.0. The van der Waals surface area contributed by atoms with Gasteiger partial charge >= 0.3 is 5.97 Å². The lowest BCUT2D eigenvalue weighted by atomic mass is 10.2. The first-order chi connectivity index (χ1) is 15.4. The van der Waals surface area contributed by atoms with Crippen LogP contribution in [0, 0.1) is 6.92 Å². The van der Waals surface area contributed by atoms with Crippen LogP contribution in [0.1, 0.15) is 5.76 Å². The predicted octanol–water partition coefficient (Wildman–Crippen LogP) is 1.56. The standard InChI is InChI=1S/C21H26N4O6S/c1-15-11-18(23-31-15)22-19(26)13-32-14-21(28)30-12-20(27)25-9-7-24(8-10-25)16-3-5-17(29-2)6-4-16/h3-6,11H,7-10,12-14H2,1-2H3,(H,22,23,26). The fraction of sp³-hybridized carbons (Fsp3) is 0.429. The molecule has 0 bridgehead atoms. The van der Waals surface area contributed by atoms with Crippen molar-refractivity contribution in [1.29, 1.82) is 0 Å². The molecule has 1 fully saturated rings. The van der Waals surface area contributed by atoms with Crippen molar-refractivity contribution in [2.75, 3.05) is 61.6 Å². The van der Waals surface area contributed by atoms with E-state index in [9.17, 15) is 14.4 Å². The number of anilines is 2. The van der Waals surface area contributed by atoms with Crippen LogP contribution in [0.25, 0.3) is 0 Å². The highest BCUT2D eigenvalue weighted by molar-refractivity contribution is 8.00. The van der Waals surface area contributed by atoms with Gasteiger partial charge in [-0.05, 0) is 31.2 Å². The van der Waals surface area contributed by atoms with Gasteiger partial charge in [-0.1, -0.05) is 5.16 Å². The number of piperazine rings is 1. The Kier molecular flexibility index (Phi) is 8.37. The monoisotopic (exact) mass is 462 g/mol. The molecule has 0 atom stereocenters. The fourth-order valence-corrected chi connectivity index (χ4v) is 3.72. The molecular formula is C21H26N4O6S. The molecule has 2 amide bonds. The zero-order valence-corrected chi connectivity index (χ0v) is 18.9. The maximum atomic E-state index is 12.3. The molecule has 2 aromatic rings. The molecule has 2 heterocycles. The van der Waals surface area contributed by atoms with E-state index < -0.39 is 5.97 Å².